The van der Waals surface area contributed by atoms with Crippen molar-refractivity contribution >= 4 is 62.4 Å². The highest BCUT2D eigenvalue weighted by Crippen LogP contribution is 2.46. The Hall–Kier alpha value is -4.79. The lowest BCUT2D eigenvalue weighted by molar-refractivity contribution is 0.0697. The highest BCUT2D eigenvalue weighted by Gasteiger charge is 2.38. The number of nitrogens with zero attached hydrogens (tertiary/aromatic N) is 4. The predicted molar refractivity (Wildman–Crippen MR) is 201 cm³/mol. The van der Waals surface area contributed by atoms with Crippen LogP contribution in [0.5, 0.6) is 5.75 Å². The van der Waals surface area contributed by atoms with E-state index in [-0.39, 0.29) is 24.1 Å². The molecule has 0 bridgehead atoms. The Bertz CT molecular complexity index is 2350. The van der Waals surface area contributed by atoms with Crippen LogP contribution in [-0.2, 0) is 13.5 Å². The van der Waals surface area contributed by atoms with E-state index in [1.54, 1.807) is 17.0 Å². The van der Waals surface area contributed by atoms with E-state index in [4.69, 9.17) is 33.0 Å². The summed E-state index contributed by atoms with van der Waals surface area (Å²) in [7, 11) is 1.91. The van der Waals surface area contributed by atoms with Gasteiger partial charge in [0.1, 0.15) is 11.4 Å². The van der Waals surface area contributed by atoms with E-state index in [9.17, 15) is 9.90 Å². The van der Waals surface area contributed by atoms with Crippen molar-refractivity contribution < 1.29 is 19.4 Å². The van der Waals surface area contributed by atoms with Crippen LogP contribution in [-0.4, -0.2) is 44.5 Å². The number of hydrogen-bond acceptors (Lipinski definition) is 4. The number of carboxylic acids is 1. The van der Waals surface area contributed by atoms with Gasteiger partial charge < -0.3 is 19.3 Å². The molecule has 1 aliphatic rings. The first-order valence-electron chi connectivity index (χ1n) is 16.7. The number of carbonyl (C=O) groups is 2. The van der Waals surface area contributed by atoms with Crippen molar-refractivity contribution in [2.24, 2.45) is 7.05 Å². The monoisotopic (exact) mass is 708 g/mol. The van der Waals surface area contributed by atoms with Crippen LogP contribution >= 0.6 is 23.2 Å². The largest absolute Gasteiger partial charge is 0.494 e. The summed E-state index contributed by atoms with van der Waals surface area (Å²) in [5.41, 5.74) is 8.28. The molecule has 256 valence electrons. The van der Waals surface area contributed by atoms with Crippen molar-refractivity contribution in [3.8, 4) is 16.9 Å². The number of fused-ring (bicyclic) bond motifs is 4. The van der Waals surface area contributed by atoms with Gasteiger partial charge in [-0.05, 0) is 93.8 Å². The molecule has 0 saturated carbocycles. The maximum atomic E-state index is 15.0. The van der Waals surface area contributed by atoms with Gasteiger partial charge in [0, 0.05) is 52.3 Å². The number of ether oxygens (including phenoxy) is 1. The van der Waals surface area contributed by atoms with E-state index in [1.807, 2.05) is 88.0 Å². The number of hydrogen-bond donors (Lipinski definition) is 1. The van der Waals surface area contributed by atoms with Crippen LogP contribution in [0, 0.1) is 27.7 Å². The number of carboxylic acid groups (broad SMARTS) is 1. The second-order valence-electron chi connectivity index (χ2n) is 13.3. The van der Waals surface area contributed by atoms with Gasteiger partial charge in [-0.25, -0.2) is 4.79 Å². The molecule has 6 aromatic rings. The molecule has 7 rings (SSSR count). The first kappa shape index (κ1) is 33.7. The normalized spacial score (nSPS) is 14.5. The molecule has 0 unspecified atom stereocenters. The Balaban J connectivity index is 1.40. The zero-order valence-corrected chi connectivity index (χ0v) is 30.4. The van der Waals surface area contributed by atoms with Crippen LogP contribution in [0.4, 0.5) is 5.69 Å². The molecule has 10 heteroatoms. The third-order valence-electron chi connectivity index (χ3n) is 9.96. The Kier molecular flexibility index (Phi) is 8.65. The van der Waals surface area contributed by atoms with Gasteiger partial charge in [0.15, 0.2) is 0 Å². The van der Waals surface area contributed by atoms with Gasteiger partial charge in [0.05, 0.1) is 34.1 Å². The number of halogens is 2. The van der Waals surface area contributed by atoms with E-state index in [2.05, 4.69) is 11.5 Å². The van der Waals surface area contributed by atoms with Gasteiger partial charge in [-0.2, -0.15) is 5.10 Å². The lowest BCUT2D eigenvalue weighted by Crippen LogP contribution is -2.43. The molecule has 50 heavy (non-hydrogen) atoms. The van der Waals surface area contributed by atoms with Crippen molar-refractivity contribution in [1.29, 1.82) is 0 Å². The maximum Gasteiger partial charge on any atom is 0.337 e. The summed E-state index contributed by atoms with van der Waals surface area (Å²) in [6.07, 6.45) is 1.18. The number of benzene rings is 4. The maximum absolute atomic E-state index is 15.0. The predicted octanol–water partition coefficient (Wildman–Crippen LogP) is 9.67. The van der Waals surface area contributed by atoms with Crippen molar-refractivity contribution in [3.63, 3.8) is 0 Å². The minimum Gasteiger partial charge on any atom is -0.494 e. The summed E-state index contributed by atoms with van der Waals surface area (Å²) in [5.74, 6) is -0.587. The molecule has 2 aromatic heterocycles. The topological polar surface area (TPSA) is 89.6 Å². The van der Waals surface area contributed by atoms with Gasteiger partial charge >= 0.3 is 5.97 Å². The minimum absolute atomic E-state index is 0.0858. The summed E-state index contributed by atoms with van der Waals surface area (Å²) < 4.78 is 10.2. The van der Waals surface area contributed by atoms with Crippen LogP contribution < -0.4 is 9.64 Å². The molecule has 0 radical (unpaired) electrons. The van der Waals surface area contributed by atoms with Gasteiger partial charge in [-0.3, -0.25) is 9.48 Å². The zero-order chi connectivity index (χ0) is 35.6. The Labute approximate surface area is 300 Å². The molecule has 3 heterocycles. The van der Waals surface area contributed by atoms with Crippen molar-refractivity contribution in [2.75, 3.05) is 18.1 Å². The average Bonchev–Trinajstić information content (AvgIpc) is 3.55. The van der Waals surface area contributed by atoms with E-state index in [1.165, 1.54) is 0 Å². The molecule has 4 aromatic carbocycles. The van der Waals surface area contributed by atoms with Crippen molar-refractivity contribution in [1.82, 2.24) is 14.3 Å². The van der Waals surface area contributed by atoms with E-state index >= 15 is 4.79 Å². The fourth-order valence-electron chi connectivity index (χ4n) is 7.64. The summed E-state index contributed by atoms with van der Waals surface area (Å²) in [6, 6.07) is 18.5. The van der Waals surface area contributed by atoms with Crippen molar-refractivity contribution in [3.05, 3.63) is 110 Å². The third-order valence-corrected chi connectivity index (χ3v) is 10.9. The Morgan fingerprint density at radius 2 is 1.70 bits per heavy atom. The van der Waals surface area contributed by atoms with Crippen LogP contribution in [0.25, 0.3) is 32.8 Å². The van der Waals surface area contributed by atoms with Crippen LogP contribution in [0.1, 0.15) is 68.3 Å². The molecule has 0 fully saturated rings. The number of rotatable bonds is 8. The Morgan fingerprint density at radius 3 is 2.38 bits per heavy atom. The van der Waals surface area contributed by atoms with Crippen LogP contribution in [0.15, 0.2) is 60.7 Å². The number of anilines is 1. The molecule has 8 nitrogen and oxygen atoms in total. The number of aromatic nitrogens is 3. The highest BCUT2D eigenvalue weighted by atomic mass is 35.5. The molecule has 1 N–H and O–H groups in total. The average molecular weight is 710 g/mol. The van der Waals surface area contributed by atoms with Crippen LogP contribution in [0.3, 0.4) is 0 Å². The van der Waals surface area contributed by atoms with Gasteiger partial charge in [0.25, 0.3) is 5.91 Å². The number of amides is 1. The molecule has 0 saturated heterocycles. The Morgan fingerprint density at radius 1 is 0.980 bits per heavy atom. The molecule has 1 aliphatic heterocycles. The summed E-state index contributed by atoms with van der Waals surface area (Å²) in [4.78, 5) is 29.3. The van der Waals surface area contributed by atoms with E-state index < -0.39 is 5.97 Å². The van der Waals surface area contributed by atoms with Gasteiger partial charge in [-0.1, -0.05) is 59.6 Å². The molecule has 0 aliphatic carbocycles. The zero-order valence-electron chi connectivity index (χ0n) is 28.9. The minimum atomic E-state index is -1.08. The highest BCUT2D eigenvalue weighted by molar-refractivity contribution is 6.35. The smallest absolute Gasteiger partial charge is 0.337 e. The van der Waals surface area contributed by atoms with E-state index in [0.717, 1.165) is 66.3 Å². The van der Waals surface area contributed by atoms with Gasteiger partial charge in [0.2, 0.25) is 0 Å². The molecule has 0 spiro atoms. The number of aromatic carboxylic acids is 1. The van der Waals surface area contributed by atoms with Crippen molar-refractivity contribution in [2.45, 2.75) is 53.5 Å². The van der Waals surface area contributed by atoms with E-state index in [0.29, 0.717) is 41.2 Å². The van der Waals surface area contributed by atoms with Gasteiger partial charge in [-0.15, -0.1) is 0 Å². The summed E-state index contributed by atoms with van der Waals surface area (Å²) in [5, 5.41) is 18.8. The quantitative estimate of drug-likeness (QED) is 0.159. The summed E-state index contributed by atoms with van der Waals surface area (Å²) >= 11 is 13.5. The van der Waals surface area contributed by atoms with Crippen LogP contribution in [0.2, 0.25) is 10.0 Å². The first-order chi connectivity index (χ1) is 23.9. The number of aryl methyl sites for hydroxylation is 5. The first-order valence-corrected chi connectivity index (χ1v) is 17.5. The fraction of sp³-hybridized carbons (Fsp3) is 0.275. The molecular formula is C40H38Cl2N4O4. The SMILES string of the molecule is Cc1cc(OCCCc2c3n(c4c(-c5c(C)nn(C)c5C)c(Cl)ccc24)[C@H](C)CN(c2c(C(=O)O)ccc4ccccc24)C3=O)cc(C)c1Cl. The summed E-state index contributed by atoms with van der Waals surface area (Å²) in [6.45, 7) is 10.7. The molecule has 1 atom stereocenters. The third kappa shape index (κ3) is 5.42. The fourth-order valence-corrected chi connectivity index (χ4v) is 8.00. The standard InChI is InChI=1S/C40H38Cl2N4O4/c1-21-18-27(19-22(2)35(21)42)50-17-9-12-29-30-15-16-32(41)34(33-24(4)43-44(6)25(33)5)37(30)46-23(3)20-45(39(47)38(29)46)36-28-11-8-7-10-26(28)13-14-31(36)40(48)49/h7-8,10-11,13-16,18-19,23H,9,12,17,20H2,1-6H3,(H,48,49)/t23-/m1/s1. The molecule has 1 amide bonds. The number of carbonyl (C=O) groups excluding carboxylic acids is 1. The second-order valence-corrected chi connectivity index (χ2v) is 14.0. The second kappa shape index (κ2) is 12.8. The lowest BCUT2D eigenvalue weighted by Gasteiger charge is -2.35. The lowest BCUT2D eigenvalue weighted by atomic mass is 9.98. The molecular weight excluding hydrogens is 671 g/mol.